The van der Waals surface area contributed by atoms with Crippen LogP contribution in [0, 0.1) is 75.9 Å². The maximum atomic E-state index is 14.1. The number of imide groups is 1. The molecule has 0 radical (unpaired) electrons. The zero-order valence-corrected chi connectivity index (χ0v) is 51.2. The van der Waals surface area contributed by atoms with Gasteiger partial charge in [0.15, 0.2) is 0 Å². The number of nitrogens with zero attached hydrogens (tertiary/aromatic N) is 11. The fourth-order valence-corrected chi connectivity index (χ4v) is 12.4. The Bertz CT molecular complexity index is 4230. The molecule has 0 atom stereocenters. The van der Waals surface area contributed by atoms with E-state index in [9.17, 15) is 65.7 Å². The van der Waals surface area contributed by atoms with Gasteiger partial charge in [-0.1, -0.05) is 22.3 Å². The first-order chi connectivity index (χ1) is 42.3. The zero-order valence-electron chi connectivity index (χ0n) is 48.0. The summed E-state index contributed by atoms with van der Waals surface area (Å²) in [7, 11) is 0. The van der Waals surface area contributed by atoms with Crippen LogP contribution in [0.15, 0.2) is 91.0 Å². The lowest BCUT2D eigenvalue weighted by Gasteiger charge is -2.16. The smallest absolute Gasteiger partial charge is 0.312 e. The highest BCUT2D eigenvalue weighted by Gasteiger charge is 2.32. The van der Waals surface area contributed by atoms with Crippen molar-refractivity contribution in [1.82, 2.24) is 45.0 Å². The molecule has 0 saturated heterocycles. The van der Waals surface area contributed by atoms with Gasteiger partial charge in [0.05, 0.1) is 109 Å². The van der Waals surface area contributed by atoms with E-state index in [0.29, 0.717) is 60.3 Å². The molecule has 0 spiro atoms. The zero-order chi connectivity index (χ0) is 64.1. The predicted molar refractivity (Wildman–Crippen MR) is 345 cm³/mol. The van der Waals surface area contributed by atoms with Gasteiger partial charge in [0.1, 0.15) is 40.6 Å². The van der Waals surface area contributed by atoms with Crippen molar-refractivity contribution >= 4 is 92.9 Å². The molecular formula is C62H62ClF6N13O8S3. The minimum Gasteiger partial charge on any atom is -0.397 e. The summed E-state index contributed by atoms with van der Waals surface area (Å²) in [5.74, 6) is -7.22. The van der Waals surface area contributed by atoms with Crippen LogP contribution < -0.4 is 16.0 Å². The molecule has 0 aliphatic carbocycles. The number of fused-ring (bicyclic) bond motifs is 3. The van der Waals surface area contributed by atoms with Crippen LogP contribution in [0.2, 0.25) is 0 Å². The van der Waals surface area contributed by atoms with Crippen molar-refractivity contribution in [2.45, 2.75) is 109 Å². The molecule has 9 aromatic rings. The molecule has 4 amide bonds. The normalized spacial score (nSPS) is 12.0. The standard InChI is InChI=1S/C19H14F2N4O3S.C19H16F2N4OS.C15H11F2N3O4.C6H8N2S.3CH4.ClH/c1-10-22-16-8-24(9-18(16)29-10)19(26)7-15-17(25(27)28)5-4-14(23-15)12-3-2-11(20)6-13(12)21;1-10-23-17-8-25(9-18(17)27-10)19(26)7-16-14(22)4-5-15(24-16)12-3-2-11(20)6-13(12)21;1-8(21)19(9(2)22)15-14(20(23)24)6-5-13(18-15)11-4-3-10(16)7-12(11)17;1-4-8-5-2-7-3-6(5)9-4;;;;/h2-6H,7-9H2,1H3;2-6H,7-9,22H2,1H3;3-7H,1-2H3;7H,2-3H2,1H3;3*1H4;1H. The van der Waals surface area contributed by atoms with Gasteiger partial charge in [0.2, 0.25) is 29.4 Å². The lowest BCUT2D eigenvalue weighted by molar-refractivity contribution is -0.385. The third kappa shape index (κ3) is 17.6. The fourth-order valence-electron chi connectivity index (χ4n) is 9.54. The largest absolute Gasteiger partial charge is 0.397 e. The number of amides is 4. The minimum atomic E-state index is -0.931. The Kier molecular flexibility index (Phi) is 25.3. The number of benzene rings is 3. The van der Waals surface area contributed by atoms with E-state index in [4.69, 9.17) is 5.73 Å². The van der Waals surface area contributed by atoms with Crippen molar-refractivity contribution < 1.29 is 55.4 Å². The first kappa shape index (κ1) is 74.2. The van der Waals surface area contributed by atoms with Crippen LogP contribution in [-0.2, 0) is 71.3 Å². The molecule has 0 saturated carbocycles. The highest BCUT2D eigenvalue weighted by Crippen LogP contribution is 2.34. The molecule has 12 rings (SSSR count). The summed E-state index contributed by atoms with van der Waals surface area (Å²) in [6, 6.07) is 16.8. The summed E-state index contributed by atoms with van der Waals surface area (Å²) in [5, 5.41) is 28.8. The summed E-state index contributed by atoms with van der Waals surface area (Å²) >= 11 is 4.91. The molecule has 3 aromatic carbocycles. The molecular weight excluding hydrogens is 1300 g/mol. The molecule has 0 bridgehead atoms. The number of nitrogens with one attached hydrogen (secondary N) is 1. The number of nitrogens with two attached hydrogens (primary N) is 1. The number of hydrogen-bond donors (Lipinski definition) is 2. The fraction of sp³-hybridized carbons (Fsp3) is 0.258. The summed E-state index contributed by atoms with van der Waals surface area (Å²) in [4.78, 5) is 103. The SMILES string of the molecule is C.C.C.CC(=O)N(C(C)=O)c1nc(-c2ccc(F)cc2F)ccc1[N+](=O)[O-].Cc1nc2c(s1)CN(C(=O)Cc1nc(-c3ccc(F)cc3F)ccc1N)C2.Cc1nc2c(s1)CN(C(=O)Cc1nc(-c3ccc(F)cc3F)ccc1[N+](=O)[O-])C2.Cc1nc2c(s1)CNC2.Cl. The third-order valence-electron chi connectivity index (χ3n) is 13.6. The molecule has 3 aliphatic rings. The Morgan fingerprint density at radius 3 is 1.32 bits per heavy atom. The van der Waals surface area contributed by atoms with Gasteiger partial charge in [0.25, 0.3) is 5.69 Å². The highest BCUT2D eigenvalue weighted by atomic mass is 35.5. The Morgan fingerprint density at radius 1 is 0.527 bits per heavy atom. The number of thiazole rings is 3. The van der Waals surface area contributed by atoms with Crippen LogP contribution in [0.4, 0.5) is 49.2 Å². The van der Waals surface area contributed by atoms with E-state index in [1.165, 1.54) is 57.2 Å². The molecule has 3 aliphatic heterocycles. The van der Waals surface area contributed by atoms with Crippen LogP contribution in [-0.4, -0.2) is 73.2 Å². The van der Waals surface area contributed by atoms with Crippen molar-refractivity contribution in [2.75, 3.05) is 10.6 Å². The second-order valence-electron chi connectivity index (χ2n) is 20.0. The summed E-state index contributed by atoms with van der Waals surface area (Å²) in [6.07, 6.45) is -0.294. The maximum absolute atomic E-state index is 14.1. The first-order valence-corrected chi connectivity index (χ1v) is 29.1. The number of aryl methyl sites for hydroxylation is 3. The number of anilines is 2. The second-order valence-corrected chi connectivity index (χ2v) is 23.8. The molecule has 0 fully saturated rings. The highest BCUT2D eigenvalue weighted by molar-refractivity contribution is 7.12. The average Bonchev–Trinajstić information content (AvgIpc) is 1.67. The number of halogens is 7. The number of rotatable bonds is 10. The van der Waals surface area contributed by atoms with E-state index >= 15 is 0 Å². The molecule has 31 heteroatoms. The minimum absolute atomic E-state index is 0. The summed E-state index contributed by atoms with van der Waals surface area (Å²) < 4.78 is 81.3. The number of pyridine rings is 3. The number of hydrogen-bond acceptors (Lipinski definition) is 19. The van der Waals surface area contributed by atoms with E-state index in [-0.39, 0.29) is 98.8 Å². The molecule has 9 heterocycles. The van der Waals surface area contributed by atoms with E-state index in [1.807, 2.05) is 13.8 Å². The predicted octanol–water partition coefficient (Wildman–Crippen LogP) is 13.5. The molecule has 21 nitrogen and oxygen atoms in total. The van der Waals surface area contributed by atoms with Crippen molar-refractivity contribution in [3.05, 3.63) is 204 Å². The Morgan fingerprint density at radius 2 is 0.914 bits per heavy atom. The topological polar surface area (TPSA) is 280 Å². The Balaban J connectivity index is 0.000000232. The Hall–Kier alpha value is -9.49. The van der Waals surface area contributed by atoms with Crippen LogP contribution in [0.3, 0.4) is 0 Å². The van der Waals surface area contributed by atoms with E-state index < -0.39 is 68.1 Å². The van der Waals surface area contributed by atoms with Gasteiger partial charge in [-0.3, -0.25) is 44.4 Å². The van der Waals surface area contributed by atoms with Gasteiger partial charge in [-0.2, -0.15) is 0 Å². The van der Waals surface area contributed by atoms with Gasteiger partial charge >= 0.3 is 5.69 Å². The monoisotopic (exact) mass is 1360 g/mol. The molecule has 0 unspecified atom stereocenters. The molecule has 490 valence electrons. The quantitative estimate of drug-likeness (QED) is 0.0731. The van der Waals surface area contributed by atoms with Crippen LogP contribution in [0.25, 0.3) is 33.8 Å². The number of nitrogen functional groups attached to an aromatic ring is 1. The van der Waals surface area contributed by atoms with E-state index in [1.54, 1.807) is 44.6 Å². The van der Waals surface area contributed by atoms with Crippen LogP contribution >= 0.6 is 46.4 Å². The van der Waals surface area contributed by atoms with Gasteiger partial charge in [0, 0.05) is 88.6 Å². The number of carbonyl (C=O) groups excluding carboxylic acids is 4. The van der Waals surface area contributed by atoms with Gasteiger partial charge in [-0.25, -0.2) is 56.2 Å². The van der Waals surface area contributed by atoms with Crippen LogP contribution in [0.5, 0.6) is 0 Å². The van der Waals surface area contributed by atoms with Crippen LogP contribution in [0.1, 0.15) is 94.3 Å². The van der Waals surface area contributed by atoms with Crippen molar-refractivity contribution in [3.8, 4) is 33.8 Å². The summed E-state index contributed by atoms with van der Waals surface area (Å²) in [5.41, 5.74) is 9.10. The Labute approximate surface area is 548 Å². The lowest BCUT2D eigenvalue weighted by atomic mass is 10.1. The molecule has 6 aromatic heterocycles. The van der Waals surface area contributed by atoms with Gasteiger partial charge < -0.3 is 20.9 Å². The van der Waals surface area contributed by atoms with Crippen molar-refractivity contribution in [3.63, 3.8) is 0 Å². The second kappa shape index (κ2) is 31.7. The van der Waals surface area contributed by atoms with E-state index in [2.05, 4.69) is 42.1 Å². The van der Waals surface area contributed by atoms with E-state index in [0.717, 1.165) is 94.5 Å². The number of carbonyl (C=O) groups is 4. The van der Waals surface area contributed by atoms with Crippen molar-refractivity contribution in [1.29, 1.82) is 0 Å². The molecule has 3 N–H and O–H groups in total. The van der Waals surface area contributed by atoms with Gasteiger partial charge in [-0.05, 0) is 81.4 Å². The van der Waals surface area contributed by atoms with Gasteiger partial charge in [-0.15, -0.1) is 46.4 Å². The number of nitro groups is 2. The average molecular weight is 1360 g/mol. The summed E-state index contributed by atoms with van der Waals surface area (Å²) in [6.45, 7) is 11.7. The maximum Gasteiger partial charge on any atom is 0.312 e. The third-order valence-corrected chi connectivity index (χ3v) is 16.6. The lowest BCUT2D eigenvalue weighted by Crippen LogP contribution is -2.34. The number of aromatic nitrogens is 6. The molecule has 93 heavy (non-hydrogen) atoms. The van der Waals surface area contributed by atoms with Crippen molar-refractivity contribution in [2.24, 2.45) is 0 Å². The first-order valence-electron chi connectivity index (χ1n) is 26.6.